The number of nitrogens with zero attached hydrogens (tertiary/aromatic N) is 1. The molecular formula is C24H20BrN2O6-. The van der Waals surface area contributed by atoms with E-state index in [0.717, 1.165) is 0 Å². The Balaban J connectivity index is 1.85. The topological polar surface area (TPSA) is 120 Å². The van der Waals surface area contributed by atoms with E-state index in [2.05, 4.69) is 26.5 Å². The molecule has 0 aliphatic rings. The second-order valence-electron chi connectivity index (χ2n) is 6.83. The zero-order valence-corrected chi connectivity index (χ0v) is 19.1. The smallest absolute Gasteiger partial charge is 0.281 e. The minimum Gasteiger partial charge on any atom is -0.546 e. The molecule has 33 heavy (non-hydrogen) atoms. The third-order valence-corrected chi connectivity index (χ3v) is 5.40. The number of hydrazone groups is 1. The lowest BCUT2D eigenvalue weighted by Gasteiger charge is -2.27. The predicted molar refractivity (Wildman–Crippen MR) is 123 cm³/mol. The molecule has 1 amide bonds. The highest BCUT2D eigenvalue weighted by Crippen LogP contribution is 2.33. The number of carboxylic acids is 1. The zero-order valence-electron chi connectivity index (χ0n) is 17.5. The molecule has 8 nitrogen and oxygen atoms in total. The van der Waals surface area contributed by atoms with E-state index < -0.39 is 24.1 Å². The standard InChI is InChI=1S/C24H21BrN2O6/c1-32-20-12-16(19(25)13-21(20)33-15-22(28)29)14-26-27-23(30)24(31,17-8-4-2-5-9-17)18-10-6-3-7-11-18/h2-14,31H,15H2,1H3,(H,27,30)(H,28,29)/p-1/b26-14-. The van der Waals surface area contributed by atoms with Crippen LogP contribution >= 0.6 is 15.9 Å². The molecule has 0 saturated carbocycles. The molecule has 170 valence electrons. The van der Waals surface area contributed by atoms with Gasteiger partial charge in [-0.25, -0.2) is 5.43 Å². The Labute approximate surface area is 198 Å². The predicted octanol–water partition coefficient (Wildman–Crippen LogP) is 1.97. The minimum absolute atomic E-state index is 0.192. The fourth-order valence-corrected chi connectivity index (χ4v) is 3.51. The number of halogens is 1. The van der Waals surface area contributed by atoms with E-state index in [-0.39, 0.29) is 11.5 Å². The van der Waals surface area contributed by atoms with Gasteiger partial charge in [-0.2, -0.15) is 5.10 Å². The van der Waals surface area contributed by atoms with E-state index in [1.165, 1.54) is 19.4 Å². The average Bonchev–Trinajstić information content (AvgIpc) is 2.84. The number of carbonyl (C=O) groups is 2. The van der Waals surface area contributed by atoms with Gasteiger partial charge in [-0.3, -0.25) is 4.79 Å². The van der Waals surface area contributed by atoms with Crippen LogP contribution in [0.25, 0.3) is 0 Å². The number of carboxylic acid groups (broad SMARTS) is 1. The summed E-state index contributed by atoms with van der Waals surface area (Å²) in [5.41, 5.74) is 1.72. The summed E-state index contributed by atoms with van der Waals surface area (Å²) in [7, 11) is 1.40. The van der Waals surface area contributed by atoms with Crippen molar-refractivity contribution >= 4 is 34.0 Å². The molecule has 0 unspecified atom stereocenters. The Morgan fingerprint density at radius 2 is 1.64 bits per heavy atom. The van der Waals surface area contributed by atoms with Gasteiger partial charge < -0.3 is 24.5 Å². The van der Waals surface area contributed by atoms with Crippen LogP contribution in [0.4, 0.5) is 0 Å². The third-order valence-electron chi connectivity index (χ3n) is 4.71. The summed E-state index contributed by atoms with van der Waals surface area (Å²) in [5, 5.41) is 26.0. The van der Waals surface area contributed by atoms with Gasteiger partial charge in [0.2, 0.25) is 0 Å². The molecule has 0 radical (unpaired) electrons. The van der Waals surface area contributed by atoms with Crippen LogP contribution in [0.3, 0.4) is 0 Å². The number of hydrogen-bond donors (Lipinski definition) is 2. The van der Waals surface area contributed by atoms with Gasteiger partial charge in [0.1, 0.15) is 6.61 Å². The van der Waals surface area contributed by atoms with Gasteiger partial charge in [0.05, 0.1) is 19.3 Å². The molecule has 0 aliphatic heterocycles. The van der Waals surface area contributed by atoms with E-state index in [4.69, 9.17) is 9.47 Å². The molecule has 0 aromatic heterocycles. The number of benzene rings is 3. The van der Waals surface area contributed by atoms with Crippen LogP contribution < -0.4 is 20.0 Å². The first-order valence-electron chi connectivity index (χ1n) is 9.73. The van der Waals surface area contributed by atoms with Crippen molar-refractivity contribution in [3.8, 4) is 11.5 Å². The Morgan fingerprint density at radius 3 is 2.15 bits per heavy atom. The van der Waals surface area contributed by atoms with Crippen molar-refractivity contribution in [3.05, 3.63) is 94.0 Å². The summed E-state index contributed by atoms with van der Waals surface area (Å²) < 4.78 is 10.9. The number of nitrogens with one attached hydrogen (secondary N) is 1. The van der Waals surface area contributed by atoms with E-state index in [1.807, 2.05) is 0 Å². The number of amides is 1. The Bertz CT molecular complexity index is 1110. The lowest BCUT2D eigenvalue weighted by Crippen LogP contribution is -2.43. The highest BCUT2D eigenvalue weighted by atomic mass is 79.9. The maximum absolute atomic E-state index is 13.1. The number of carbonyl (C=O) groups excluding carboxylic acids is 2. The largest absolute Gasteiger partial charge is 0.546 e. The van der Waals surface area contributed by atoms with Gasteiger partial charge in [-0.1, -0.05) is 60.7 Å². The highest BCUT2D eigenvalue weighted by Gasteiger charge is 2.39. The summed E-state index contributed by atoms with van der Waals surface area (Å²) in [6.07, 6.45) is 1.35. The van der Waals surface area contributed by atoms with Crippen molar-refractivity contribution in [1.82, 2.24) is 5.43 Å². The molecule has 0 bridgehead atoms. The zero-order chi connectivity index (χ0) is 23.8. The van der Waals surface area contributed by atoms with Crippen molar-refractivity contribution in [2.45, 2.75) is 5.60 Å². The molecule has 3 aromatic carbocycles. The van der Waals surface area contributed by atoms with E-state index in [1.54, 1.807) is 66.7 Å². The fourth-order valence-electron chi connectivity index (χ4n) is 3.09. The molecule has 0 fully saturated rings. The molecule has 0 heterocycles. The number of methoxy groups -OCH3 is 1. The van der Waals surface area contributed by atoms with Gasteiger partial charge in [-0.15, -0.1) is 0 Å². The number of aliphatic hydroxyl groups is 1. The minimum atomic E-state index is -1.96. The van der Waals surface area contributed by atoms with E-state index in [0.29, 0.717) is 21.2 Å². The first-order valence-corrected chi connectivity index (χ1v) is 10.5. The highest BCUT2D eigenvalue weighted by molar-refractivity contribution is 9.10. The fraction of sp³-hybridized carbons (Fsp3) is 0.125. The lowest BCUT2D eigenvalue weighted by molar-refractivity contribution is -0.307. The molecule has 3 aromatic rings. The van der Waals surface area contributed by atoms with Crippen molar-refractivity contribution in [3.63, 3.8) is 0 Å². The normalized spacial score (nSPS) is 11.2. The quantitative estimate of drug-likeness (QED) is 0.334. The monoisotopic (exact) mass is 511 g/mol. The first kappa shape index (κ1) is 24.0. The molecule has 0 aliphatic carbocycles. The summed E-state index contributed by atoms with van der Waals surface area (Å²) in [5.74, 6) is -1.66. The number of rotatable bonds is 9. The van der Waals surface area contributed by atoms with Crippen LogP contribution in [0, 0.1) is 0 Å². The Morgan fingerprint density at radius 1 is 1.06 bits per heavy atom. The maximum atomic E-state index is 13.1. The molecule has 0 atom stereocenters. The average molecular weight is 512 g/mol. The van der Waals surface area contributed by atoms with Gasteiger partial charge >= 0.3 is 0 Å². The molecule has 9 heteroatoms. The SMILES string of the molecule is COc1cc(/C=N\NC(=O)C(O)(c2ccccc2)c2ccccc2)c(Br)cc1OCC(=O)[O-]. The van der Waals surface area contributed by atoms with Gasteiger partial charge in [-0.05, 0) is 39.2 Å². The van der Waals surface area contributed by atoms with Crippen molar-refractivity contribution in [2.75, 3.05) is 13.7 Å². The van der Waals surface area contributed by atoms with E-state index >= 15 is 0 Å². The second kappa shape index (κ2) is 10.8. The van der Waals surface area contributed by atoms with Gasteiger partial charge in [0, 0.05) is 10.0 Å². The molecular weight excluding hydrogens is 492 g/mol. The van der Waals surface area contributed by atoms with Crippen LogP contribution in [-0.4, -0.2) is 36.9 Å². The van der Waals surface area contributed by atoms with Crippen LogP contribution in [0.15, 0.2) is 82.4 Å². The van der Waals surface area contributed by atoms with Crippen LogP contribution in [0.1, 0.15) is 16.7 Å². The molecule has 3 rings (SSSR count). The number of aliphatic carboxylic acids is 1. The first-order chi connectivity index (χ1) is 15.9. The molecule has 0 saturated heterocycles. The molecule has 2 N–H and O–H groups in total. The maximum Gasteiger partial charge on any atom is 0.281 e. The van der Waals surface area contributed by atoms with Crippen molar-refractivity contribution in [2.24, 2.45) is 5.10 Å². The van der Waals surface area contributed by atoms with Crippen LogP contribution in [0.2, 0.25) is 0 Å². The summed E-state index contributed by atoms with van der Waals surface area (Å²) >= 11 is 3.35. The summed E-state index contributed by atoms with van der Waals surface area (Å²) in [6.45, 7) is -0.635. The Kier molecular flexibility index (Phi) is 7.81. The van der Waals surface area contributed by atoms with Crippen molar-refractivity contribution in [1.29, 1.82) is 0 Å². The molecule has 0 spiro atoms. The van der Waals surface area contributed by atoms with Crippen molar-refractivity contribution < 1.29 is 29.3 Å². The van der Waals surface area contributed by atoms with Gasteiger partial charge in [0.15, 0.2) is 17.1 Å². The summed E-state index contributed by atoms with van der Waals surface area (Å²) in [6, 6.07) is 20.2. The third kappa shape index (κ3) is 5.57. The number of ether oxygens (including phenoxy) is 2. The number of hydrogen-bond acceptors (Lipinski definition) is 7. The summed E-state index contributed by atoms with van der Waals surface area (Å²) in [4.78, 5) is 23.7. The Hall–Kier alpha value is -3.69. The second-order valence-corrected chi connectivity index (χ2v) is 7.68. The van der Waals surface area contributed by atoms with E-state index in [9.17, 15) is 19.8 Å². The van der Waals surface area contributed by atoms with Crippen LogP contribution in [0.5, 0.6) is 11.5 Å². The van der Waals surface area contributed by atoms with Crippen LogP contribution in [-0.2, 0) is 15.2 Å². The lowest BCUT2D eigenvalue weighted by atomic mass is 9.85. The van der Waals surface area contributed by atoms with Gasteiger partial charge in [0.25, 0.3) is 5.91 Å².